The Morgan fingerprint density at radius 1 is 0.622 bits per heavy atom. The van der Waals surface area contributed by atoms with Crippen LogP contribution in [-0.2, 0) is 20.4 Å². The zero-order valence-electron chi connectivity index (χ0n) is 41.7. The molecule has 2 aliphatic heterocycles. The van der Waals surface area contributed by atoms with Crippen LogP contribution in [-0.4, -0.2) is 94.9 Å². The van der Waals surface area contributed by atoms with Crippen molar-refractivity contribution in [3.05, 3.63) is 138 Å². The number of nitrogens with zero attached hydrogens (tertiary/aromatic N) is 2. The number of carbonyl (C=O) groups is 2. The SMILES string of the molecule is CC(C)(C)C[C@@H]1N[C@@H](C(=O)NCC[C@H](O)CO)[C@H](c2cccc(Cl)c2F)[C@@]1(C#N)c1ccc(Cl)c(F)c1.CC(C)(C)C[C@H]1N[C@H](C(=O)NCC[C@H](O)CO)[C@@H](c2cccc(Cl)c2F)[C@]1(C#N)c1ccc(Cl)c(F)c1. The van der Waals surface area contributed by atoms with Gasteiger partial charge in [0.15, 0.2) is 0 Å². The van der Waals surface area contributed by atoms with Crippen molar-refractivity contribution in [2.45, 2.75) is 126 Å². The van der Waals surface area contributed by atoms with Crippen molar-refractivity contribution in [1.29, 1.82) is 10.5 Å². The second kappa shape index (κ2) is 25.1. The van der Waals surface area contributed by atoms with Crippen LogP contribution in [0, 0.1) is 56.8 Å². The van der Waals surface area contributed by atoms with Gasteiger partial charge in [0.2, 0.25) is 11.8 Å². The number of nitriles is 2. The summed E-state index contributed by atoms with van der Waals surface area (Å²) in [4.78, 5) is 27.0. The van der Waals surface area contributed by atoms with Crippen LogP contribution in [0.4, 0.5) is 17.6 Å². The third kappa shape index (κ3) is 13.3. The number of aliphatic hydroxyl groups is 4. The predicted molar refractivity (Wildman–Crippen MR) is 277 cm³/mol. The molecule has 12 nitrogen and oxygen atoms in total. The first kappa shape index (κ1) is 60.3. The summed E-state index contributed by atoms with van der Waals surface area (Å²) in [7, 11) is 0. The molecular formula is C54H62Cl4F4N6O6. The van der Waals surface area contributed by atoms with Gasteiger partial charge in [-0.15, -0.1) is 0 Å². The first-order valence-electron chi connectivity index (χ1n) is 24.0. The van der Waals surface area contributed by atoms with Gasteiger partial charge >= 0.3 is 0 Å². The van der Waals surface area contributed by atoms with Crippen molar-refractivity contribution in [2.24, 2.45) is 10.8 Å². The van der Waals surface area contributed by atoms with E-state index in [0.29, 0.717) is 12.8 Å². The molecule has 0 aliphatic carbocycles. The first-order chi connectivity index (χ1) is 34.7. The van der Waals surface area contributed by atoms with Crippen LogP contribution in [0.15, 0.2) is 72.8 Å². The number of amides is 2. The smallest absolute Gasteiger partial charge is 0.237 e. The minimum absolute atomic E-state index is 0.0442. The van der Waals surface area contributed by atoms with Gasteiger partial charge in [-0.25, -0.2) is 17.6 Å². The average molecular weight is 1110 g/mol. The number of carbonyl (C=O) groups excluding carboxylic acids is 2. The van der Waals surface area contributed by atoms with E-state index >= 15 is 8.78 Å². The zero-order chi connectivity index (χ0) is 55.1. The lowest BCUT2D eigenvalue weighted by atomic mass is 9.63. The molecule has 2 heterocycles. The fourth-order valence-corrected chi connectivity index (χ4v) is 10.8. The lowest BCUT2D eigenvalue weighted by molar-refractivity contribution is -0.124. The van der Waals surface area contributed by atoms with E-state index in [-0.39, 0.29) is 79.1 Å². The van der Waals surface area contributed by atoms with Crippen LogP contribution >= 0.6 is 46.4 Å². The van der Waals surface area contributed by atoms with E-state index in [2.05, 4.69) is 33.4 Å². The van der Waals surface area contributed by atoms with Crippen LogP contribution in [0.1, 0.15) is 101 Å². The molecule has 10 atom stereocenters. The lowest BCUT2D eigenvalue weighted by Gasteiger charge is -2.37. The largest absolute Gasteiger partial charge is 0.394 e. The first-order valence-corrected chi connectivity index (χ1v) is 25.5. The summed E-state index contributed by atoms with van der Waals surface area (Å²) in [5.74, 6) is -6.25. The van der Waals surface area contributed by atoms with Gasteiger partial charge in [0.05, 0.1) is 69.7 Å². The molecule has 6 rings (SSSR count). The molecule has 400 valence electrons. The molecule has 4 aromatic rings. The molecule has 2 aliphatic rings. The second-order valence-electron chi connectivity index (χ2n) is 21.2. The van der Waals surface area contributed by atoms with E-state index < -0.39 is 107 Å². The van der Waals surface area contributed by atoms with Crippen molar-refractivity contribution in [2.75, 3.05) is 26.3 Å². The zero-order valence-corrected chi connectivity index (χ0v) is 44.8. The average Bonchev–Trinajstić information content (AvgIpc) is 3.83. The maximum atomic E-state index is 15.5. The Morgan fingerprint density at radius 3 is 1.27 bits per heavy atom. The van der Waals surface area contributed by atoms with Crippen molar-refractivity contribution >= 4 is 58.2 Å². The van der Waals surface area contributed by atoms with Crippen LogP contribution in [0.25, 0.3) is 0 Å². The van der Waals surface area contributed by atoms with E-state index in [1.807, 2.05) is 41.5 Å². The van der Waals surface area contributed by atoms with Crippen LogP contribution in [0.5, 0.6) is 0 Å². The number of aliphatic hydroxyl groups excluding tert-OH is 4. The van der Waals surface area contributed by atoms with Crippen LogP contribution < -0.4 is 21.3 Å². The molecule has 74 heavy (non-hydrogen) atoms. The van der Waals surface area contributed by atoms with Crippen LogP contribution in [0.3, 0.4) is 0 Å². The fraction of sp³-hybridized carbons (Fsp3) is 0.481. The molecule has 0 spiro atoms. The number of hydrogen-bond donors (Lipinski definition) is 8. The summed E-state index contributed by atoms with van der Waals surface area (Å²) in [5, 5.41) is 70.3. The Kier molecular flexibility index (Phi) is 20.4. The quantitative estimate of drug-likeness (QED) is 0.0500. The molecule has 8 N–H and O–H groups in total. The van der Waals surface area contributed by atoms with Crippen molar-refractivity contribution < 1.29 is 47.6 Å². The van der Waals surface area contributed by atoms with Crippen molar-refractivity contribution in [3.63, 3.8) is 0 Å². The highest BCUT2D eigenvalue weighted by Crippen LogP contribution is 2.54. The van der Waals surface area contributed by atoms with E-state index in [0.717, 1.165) is 12.1 Å². The van der Waals surface area contributed by atoms with Gasteiger partial charge in [0.1, 0.15) is 34.1 Å². The molecule has 0 aromatic heterocycles. The highest BCUT2D eigenvalue weighted by molar-refractivity contribution is 6.31. The van der Waals surface area contributed by atoms with Gasteiger partial charge in [0, 0.05) is 37.0 Å². The van der Waals surface area contributed by atoms with E-state index in [1.54, 1.807) is 0 Å². The summed E-state index contributed by atoms with van der Waals surface area (Å²) in [5.41, 5.74) is -3.18. The molecule has 20 heteroatoms. The fourth-order valence-electron chi connectivity index (χ4n) is 10.2. The molecule has 2 fully saturated rings. The summed E-state index contributed by atoms with van der Waals surface area (Å²) >= 11 is 24.1. The Hall–Kier alpha value is -4.56. The third-order valence-electron chi connectivity index (χ3n) is 13.5. The number of nitrogens with one attached hydrogen (secondary N) is 4. The second-order valence-corrected chi connectivity index (χ2v) is 22.8. The number of rotatable bonds is 16. The van der Waals surface area contributed by atoms with Gasteiger partial charge in [-0.1, -0.05) is 124 Å². The minimum Gasteiger partial charge on any atom is -0.394 e. The maximum absolute atomic E-state index is 15.5. The van der Waals surface area contributed by atoms with Gasteiger partial charge < -0.3 is 41.7 Å². The van der Waals surface area contributed by atoms with Gasteiger partial charge in [-0.05, 0) is 95.2 Å². The Bertz CT molecular complexity index is 2550. The standard InChI is InChI=1S/2C27H31Cl2F2N3O3/c2*1-26(2,3)12-21-27(14-32,15-7-8-18(28)20(30)11-15)22(17-5-4-6-19(29)23(17)31)24(34-21)25(37)33-10-9-16(36)13-35/h2*4-8,11,16,21-22,24,34-36H,9-10,12-13H2,1-3H3,(H,33,37)/t16-,21+,22+,24-,27+;16-,21-,22-,24+,27-/m00/s1. The van der Waals surface area contributed by atoms with Crippen molar-refractivity contribution in [1.82, 2.24) is 21.3 Å². The topological polar surface area (TPSA) is 211 Å². The summed E-state index contributed by atoms with van der Waals surface area (Å²) < 4.78 is 60.5. The Morgan fingerprint density at radius 2 is 0.973 bits per heavy atom. The van der Waals surface area contributed by atoms with E-state index in [1.165, 1.54) is 60.7 Å². The summed E-state index contributed by atoms with van der Waals surface area (Å²) in [6, 6.07) is 18.0. The highest BCUT2D eigenvalue weighted by Gasteiger charge is 2.62. The van der Waals surface area contributed by atoms with E-state index in [4.69, 9.17) is 56.6 Å². The Balaban J connectivity index is 0.000000274. The molecule has 4 aromatic carbocycles. The Labute approximate surface area is 449 Å². The number of halogens is 8. The molecular weight excluding hydrogens is 1050 g/mol. The highest BCUT2D eigenvalue weighted by atomic mass is 35.5. The monoisotopic (exact) mass is 1110 g/mol. The lowest BCUT2D eigenvalue weighted by Crippen LogP contribution is -2.46. The third-order valence-corrected chi connectivity index (χ3v) is 14.7. The number of hydrogen-bond acceptors (Lipinski definition) is 10. The van der Waals surface area contributed by atoms with Crippen LogP contribution in [0.2, 0.25) is 20.1 Å². The molecule has 2 saturated heterocycles. The predicted octanol–water partition coefficient (Wildman–Crippen LogP) is 8.91. The normalized spacial score (nSPS) is 24.5. The molecule has 0 radical (unpaired) electrons. The molecule has 2 amide bonds. The maximum Gasteiger partial charge on any atom is 0.237 e. The summed E-state index contributed by atoms with van der Waals surface area (Å²) in [6.07, 6.45) is -1.03. The van der Waals surface area contributed by atoms with Gasteiger partial charge in [-0.3, -0.25) is 9.59 Å². The molecule has 0 unspecified atom stereocenters. The summed E-state index contributed by atoms with van der Waals surface area (Å²) in [6.45, 7) is 11.0. The van der Waals surface area contributed by atoms with Gasteiger partial charge in [0.25, 0.3) is 0 Å². The minimum atomic E-state index is -1.57. The molecule has 0 saturated carbocycles. The van der Waals surface area contributed by atoms with Crippen molar-refractivity contribution in [3.8, 4) is 12.1 Å². The number of benzene rings is 4. The van der Waals surface area contributed by atoms with E-state index in [9.17, 15) is 39.1 Å². The molecule has 0 bridgehead atoms. The van der Waals surface area contributed by atoms with Gasteiger partial charge in [-0.2, -0.15) is 10.5 Å².